The molecule has 0 aliphatic heterocycles. The maximum atomic E-state index is 11.3. The molecule has 7 heteroatoms. The Morgan fingerprint density at radius 3 is 2.82 bits per heavy atom. The van der Waals surface area contributed by atoms with Gasteiger partial charge in [0.15, 0.2) is 5.69 Å². The van der Waals surface area contributed by atoms with Crippen LogP contribution >= 0.6 is 0 Å². The summed E-state index contributed by atoms with van der Waals surface area (Å²) in [7, 11) is 0. The molecule has 94 valence electrons. The average Bonchev–Trinajstić information content (AvgIpc) is 2.60. The molecule has 17 heavy (non-hydrogen) atoms. The molecular weight excluding hydrogens is 226 g/mol. The number of carboxylic acid groups (broad SMARTS) is 1. The number of carbonyl (C=O) groups excluding carboxylic acids is 1. The molecule has 0 saturated heterocycles. The van der Waals surface area contributed by atoms with Gasteiger partial charge >= 0.3 is 11.9 Å². The third-order valence-corrected chi connectivity index (χ3v) is 2.04. The molecule has 1 rings (SSSR count). The highest BCUT2D eigenvalue weighted by atomic mass is 16.5. The monoisotopic (exact) mass is 241 g/mol. The molecule has 1 aromatic rings. The van der Waals surface area contributed by atoms with Crippen molar-refractivity contribution in [3.05, 3.63) is 11.9 Å². The van der Waals surface area contributed by atoms with E-state index in [-0.39, 0.29) is 17.9 Å². The molecule has 1 aromatic heterocycles. The lowest BCUT2D eigenvalue weighted by Gasteiger charge is -2.03. The highest BCUT2D eigenvalue weighted by Crippen LogP contribution is 2.08. The van der Waals surface area contributed by atoms with Crippen molar-refractivity contribution in [1.82, 2.24) is 9.78 Å². The van der Waals surface area contributed by atoms with Crippen molar-refractivity contribution in [3.63, 3.8) is 0 Å². The topological polar surface area (TPSA) is 107 Å². The second kappa shape index (κ2) is 5.88. The second-order valence-corrected chi connectivity index (χ2v) is 3.51. The van der Waals surface area contributed by atoms with Gasteiger partial charge in [-0.3, -0.25) is 9.48 Å². The molecule has 0 bridgehead atoms. The van der Waals surface area contributed by atoms with Gasteiger partial charge in [-0.25, -0.2) is 4.79 Å². The number of hydrogen-bond donors (Lipinski definition) is 2. The lowest BCUT2D eigenvalue weighted by atomic mass is 10.4. The lowest BCUT2D eigenvalue weighted by molar-refractivity contribution is -0.144. The Balaban J connectivity index is 2.54. The summed E-state index contributed by atoms with van der Waals surface area (Å²) >= 11 is 0. The zero-order valence-corrected chi connectivity index (χ0v) is 9.55. The zero-order valence-electron chi connectivity index (χ0n) is 9.55. The Morgan fingerprint density at radius 1 is 1.59 bits per heavy atom. The van der Waals surface area contributed by atoms with Gasteiger partial charge in [0.1, 0.15) is 6.54 Å². The van der Waals surface area contributed by atoms with Crippen LogP contribution in [0.1, 0.15) is 30.3 Å². The lowest BCUT2D eigenvalue weighted by Crippen LogP contribution is -2.15. The number of aromatic nitrogens is 2. The summed E-state index contributed by atoms with van der Waals surface area (Å²) in [6.45, 7) is 2.21. The van der Waals surface area contributed by atoms with E-state index in [4.69, 9.17) is 15.6 Å². The predicted molar refractivity (Wildman–Crippen MR) is 59.5 cm³/mol. The minimum atomic E-state index is -1.22. The van der Waals surface area contributed by atoms with Crippen LogP contribution in [0.3, 0.4) is 0 Å². The number of carbonyl (C=O) groups is 2. The minimum Gasteiger partial charge on any atom is -0.476 e. The van der Waals surface area contributed by atoms with Crippen LogP contribution in [0.5, 0.6) is 0 Å². The largest absolute Gasteiger partial charge is 0.476 e. The van der Waals surface area contributed by atoms with Crippen LogP contribution in [0.25, 0.3) is 0 Å². The van der Waals surface area contributed by atoms with E-state index in [2.05, 4.69) is 5.10 Å². The molecule has 0 radical (unpaired) electrons. The third-order valence-electron chi connectivity index (χ3n) is 2.04. The van der Waals surface area contributed by atoms with Crippen molar-refractivity contribution in [2.75, 3.05) is 12.3 Å². The minimum absolute atomic E-state index is 0.0267. The van der Waals surface area contributed by atoms with E-state index >= 15 is 0 Å². The average molecular weight is 241 g/mol. The number of nitrogens with zero attached hydrogens (tertiary/aromatic N) is 2. The zero-order chi connectivity index (χ0) is 12.8. The molecule has 0 fully saturated rings. The summed E-state index contributed by atoms with van der Waals surface area (Å²) < 4.78 is 6.07. The van der Waals surface area contributed by atoms with E-state index in [1.807, 2.05) is 6.92 Å². The van der Waals surface area contributed by atoms with E-state index in [0.717, 1.165) is 17.5 Å². The van der Waals surface area contributed by atoms with E-state index in [9.17, 15) is 9.59 Å². The maximum absolute atomic E-state index is 11.3. The van der Waals surface area contributed by atoms with E-state index < -0.39 is 11.9 Å². The number of nitrogens with two attached hydrogens (primary N) is 1. The van der Waals surface area contributed by atoms with Crippen LogP contribution in [-0.4, -0.2) is 33.4 Å². The van der Waals surface area contributed by atoms with Crippen LogP contribution in [-0.2, 0) is 16.1 Å². The number of rotatable bonds is 6. The first kappa shape index (κ1) is 13.0. The van der Waals surface area contributed by atoms with Crippen LogP contribution in [0.15, 0.2) is 6.20 Å². The smallest absolute Gasteiger partial charge is 0.358 e. The Kier molecular flexibility index (Phi) is 4.50. The number of nitrogen functional groups attached to an aromatic ring is 1. The molecular formula is C10H15N3O4. The molecule has 7 nitrogen and oxygen atoms in total. The predicted octanol–water partition coefficient (Wildman–Crippen LogP) is 0.507. The number of hydrogen-bond acceptors (Lipinski definition) is 5. The fourth-order valence-corrected chi connectivity index (χ4v) is 1.19. The number of unbranched alkanes of at least 4 members (excludes halogenated alkanes) is 1. The van der Waals surface area contributed by atoms with Gasteiger partial charge in [-0.05, 0) is 6.42 Å². The summed E-state index contributed by atoms with van der Waals surface area (Å²) in [5.74, 6) is -1.68. The number of anilines is 1. The van der Waals surface area contributed by atoms with Crippen LogP contribution in [0.4, 0.5) is 5.69 Å². The van der Waals surface area contributed by atoms with Crippen molar-refractivity contribution in [1.29, 1.82) is 0 Å². The first-order valence-corrected chi connectivity index (χ1v) is 5.26. The highest BCUT2D eigenvalue weighted by molar-refractivity contribution is 5.91. The normalized spacial score (nSPS) is 10.2. The molecule has 1 heterocycles. The quantitative estimate of drug-likeness (QED) is 0.555. The van der Waals surface area contributed by atoms with Gasteiger partial charge in [0.05, 0.1) is 12.3 Å². The van der Waals surface area contributed by atoms with E-state index in [1.54, 1.807) is 0 Å². The highest BCUT2D eigenvalue weighted by Gasteiger charge is 2.14. The Labute approximate surface area is 98.2 Å². The first-order valence-electron chi connectivity index (χ1n) is 5.26. The maximum Gasteiger partial charge on any atom is 0.358 e. The Hall–Kier alpha value is -2.05. The van der Waals surface area contributed by atoms with Gasteiger partial charge in [0.2, 0.25) is 0 Å². The van der Waals surface area contributed by atoms with Gasteiger partial charge in [0, 0.05) is 6.20 Å². The molecule has 0 aromatic carbocycles. The van der Waals surface area contributed by atoms with Gasteiger partial charge in [0.25, 0.3) is 0 Å². The molecule has 0 saturated carbocycles. The summed E-state index contributed by atoms with van der Waals surface area (Å²) in [5, 5.41) is 12.4. The van der Waals surface area contributed by atoms with Crippen molar-refractivity contribution in [3.8, 4) is 0 Å². The summed E-state index contributed by atoms with van der Waals surface area (Å²) in [5.41, 5.74) is 5.19. The Morgan fingerprint density at radius 2 is 2.29 bits per heavy atom. The number of ether oxygens (including phenoxy) is 1. The Bertz CT molecular complexity index is 414. The fourth-order valence-electron chi connectivity index (χ4n) is 1.19. The summed E-state index contributed by atoms with van der Waals surface area (Å²) in [4.78, 5) is 22.0. The number of esters is 1. The van der Waals surface area contributed by atoms with E-state index in [0.29, 0.717) is 6.61 Å². The molecule has 0 aliphatic rings. The van der Waals surface area contributed by atoms with Gasteiger partial charge in [-0.15, -0.1) is 0 Å². The standard InChI is InChI=1S/C10H15N3O4/c1-2-3-4-17-8(14)6-13-5-7(11)9(12-13)10(15)16/h5H,2-4,6,11H2,1H3,(H,15,16). The fraction of sp³-hybridized carbons (Fsp3) is 0.500. The SMILES string of the molecule is CCCCOC(=O)Cn1cc(N)c(C(=O)O)n1. The number of carboxylic acids is 1. The van der Waals surface area contributed by atoms with Crippen molar-refractivity contribution in [2.45, 2.75) is 26.3 Å². The van der Waals surface area contributed by atoms with Crippen molar-refractivity contribution >= 4 is 17.6 Å². The van der Waals surface area contributed by atoms with Crippen LogP contribution in [0, 0.1) is 0 Å². The van der Waals surface area contributed by atoms with E-state index in [1.165, 1.54) is 6.20 Å². The van der Waals surface area contributed by atoms with Crippen LogP contribution < -0.4 is 5.73 Å². The third kappa shape index (κ3) is 3.78. The molecule has 0 aliphatic carbocycles. The molecule has 3 N–H and O–H groups in total. The second-order valence-electron chi connectivity index (χ2n) is 3.51. The summed E-state index contributed by atoms with van der Waals surface area (Å²) in [6.07, 6.45) is 3.03. The first-order chi connectivity index (χ1) is 8.04. The van der Waals surface area contributed by atoms with Gasteiger partial charge in [-0.1, -0.05) is 13.3 Å². The summed E-state index contributed by atoms with van der Waals surface area (Å²) in [6, 6.07) is 0. The van der Waals surface area contributed by atoms with Gasteiger partial charge in [-0.2, -0.15) is 5.10 Å². The number of aromatic carboxylic acids is 1. The van der Waals surface area contributed by atoms with Crippen molar-refractivity contribution < 1.29 is 19.4 Å². The molecule has 0 amide bonds. The van der Waals surface area contributed by atoms with Crippen molar-refractivity contribution in [2.24, 2.45) is 0 Å². The molecule has 0 unspecified atom stereocenters. The van der Waals surface area contributed by atoms with Crippen LogP contribution in [0.2, 0.25) is 0 Å². The molecule has 0 atom stereocenters. The van der Waals surface area contributed by atoms with Gasteiger partial charge < -0.3 is 15.6 Å². The molecule has 0 spiro atoms.